The maximum absolute atomic E-state index is 3.18. The van der Waals surface area contributed by atoms with Crippen LogP contribution in [0.3, 0.4) is 0 Å². The zero-order valence-electron chi connectivity index (χ0n) is 13.6. The minimum Gasteiger partial charge on any atom is -0.0985 e. The van der Waals surface area contributed by atoms with Gasteiger partial charge in [0, 0.05) is 12.8 Å². The average molecular weight is 272 g/mol. The van der Waals surface area contributed by atoms with E-state index >= 15 is 0 Å². The predicted molar refractivity (Wildman–Crippen MR) is 91.4 cm³/mol. The highest BCUT2D eigenvalue weighted by atomic mass is 13.9. The third-order valence-corrected chi connectivity index (χ3v) is 3.26. The summed E-state index contributed by atoms with van der Waals surface area (Å²) in [4.78, 5) is 0. The molecule has 0 nitrogen and oxygen atoms in total. The summed E-state index contributed by atoms with van der Waals surface area (Å²) in [6.45, 7) is 4.49. The zero-order valence-corrected chi connectivity index (χ0v) is 13.6. The molecule has 0 saturated carbocycles. The fourth-order valence-corrected chi connectivity index (χ4v) is 1.98. The summed E-state index contributed by atoms with van der Waals surface area (Å²) < 4.78 is 0. The van der Waals surface area contributed by atoms with Gasteiger partial charge in [0.05, 0.1) is 0 Å². The van der Waals surface area contributed by atoms with Crippen LogP contribution in [0.4, 0.5) is 0 Å². The van der Waals surface area contributed by atoms with Crippen LogP contribution in [-0.4, -0.2) is 0 Å². The maximum atomic E-state index is 3.18. The standard InChI is InChI=1S/C20H32/c1-3-5-7-9-11-13-15-17-19-20-18-16-14-12-10-8-6-4-2/h19-20H,3-14H2,1-2H3/b20-19-. The molecule has 0 atom stereocenters. The minimum absolute atomic E-state index is 1.03. The highest BCUT2D eigenvalue weighted by Gasteiger charge is 1.86. The molecule has 0 aromatic rings. The van der Waals surface area contributed by atoms with Gasteiger partial charge in [-0.1, -0.05) is 88.9 Å². The molecular weight excluding hydrogens is 240 g/mol. The first-order valence-corrected chi connectivity index (χ1v) is 8.53. The molecule has 0 spiro atoms. The molecule has 0 rings (SSSR count). The summed E-state index contributed by atoms with van der Waals surface area (Å²) in [7, 11) is 0. The monoisotopic (exact) mass is 272 g/mol. The van der Waals surface area contributed by atoms with Crippen molar-refractivity contribution in [1.82, 2.24) is 0 Å². The number of rotatable bonds is 10. The van der Waals surface area contributed by atoms with Gasteiger partial charge in [-0.05, 0) is 25.0 Å². The summed E-state index contributed by atoms with van der Waals surface area (Å²) in [5.74, 6) is 12.5. The molecule has 0 unspecified atom stereocenters. The topological polar surface area (TPSA) is 0 Å². The van der Waals surface area contributed by atoms with Gasteiger partial charge < -0.3 is 0 Å². The third kappa shape index (κ3) is 16.9. The highest BCUT2D eigenvalue weighted by molar-refractivity contribution is 5.24. The molecule has 0 aliphatic heterocycles. The van der Waals surface area contributed by atoms with E-state index in [0.29, 0.717) is 0 Å². The van der Waals surface area contributed by atoms with Crippen LogP contribution in [0.1, 0.15) is 90.9 Å². The summed E-state index contributed by atoms with van der Waals surface area (Å²) in [5.41, 5.74) is 0. The number of hydrogen-bond acceptors (Lipinski definition) is 0. The van der Waals surface area contributed by atoms with Gasteiger partial charge in [-0.3, -0.25) is 0 Å². The summed E-state index contributed by atoms with van der Waals surface area (Å²) in [6, 6.07) is 0. The molecular formula is C20H32. The summed E-state index contributed by atoms with van der Waals surface area (Å²) in [5, 5.41) is 0. The Labute approximate surface area is 127 Å². The Morgan fingerprint density at radius 2 is 0.950 bits per heavy atom. The van der Waals surface area contributed by atoms with E-state index in [0.717, 1.165) is 12.8 Å². The molecule has 0 aromatic heterocycles. The highest BCUT2D eigenvalue weighted by Crippen LogP contribution is 2.04. The average Bonchev–Trinajstić information content (AvgIpc) is 2.47. The second-order valence-electron chi connectivity index (χ2n) is 5.30. The lowest BCUT2D eigenvalue weighted by atomic mass is 10.1. The second-order valence-corrected chi connectivity index (χ2v) is 5.30. The van der Waals surface area contributed by atoms with Crippen molar-refractivity contribution in [3.8, 4) is 23.7 Å². The lowest BCUT2D eigenvalue weighted by molar-refractivity contribution is 0.641. The predicted octanol–water partition coefficient (Wildman–Crippen LogP) is 6.27. The van der Waals surface area contributed by atoms with Gasteiger partial charge >= 0.3 is 0 Å². The minimum atomic E-state index is 1.03. The molecule has 0 aliphatic rings. The van der Waals surface area contributed by atoms with Gasteiger partial charge in [0.25, 0.3) is 0 Å². The number of unbranched alkanes of at least 4 members (excludes halogenated alkanes) is 10. The van der Waals surface area contributed by atoms with E-state index in [9.17, 15) is 0 Å². The van der Waals surface area contributed by atoms with Crippen LogP contribution >= 0.6 is 0 Å². The van der Waals surface area contributed by atoms with Crippen molar-refractivity contribution in [3.63, 3.8) is 0 Å². The van der Waals surface area contributed by atoms with E-state index in [1.165, 1.54) is 64.2 Å². The molecule has 112 valence electrons. The van der Waals surface area contributed by atoms with Crippen LogP contribution in [-0.2, 0) is 0 Å². The first-order chi connectivity index (χ1) is 9.91. The maximum Gasteiger partial charge on any atom is 0.00922 e. The molecule has 0 bridgehead atoms. The SMILES string of the molecule is CCCCCCCC#C/C=C\C#CCCCCCCC. The largest absolute Gasteiger partial charge is 0.0985 e. The van der Waals surface area contributed by atoms with E-state index in [-0.39, 0.29) is 0 Å². The van der Waals surface area contributed by atoms with Crippen LogP contribution < -0.4 is 0 Å². The molecule has 0 radical (unpaired) electrons. The van der Waals surface area contributed by atoms with Crippen molar-refractivity contribution < 1.29 is 0 Å². The van der Waals surface area contributed by atoms with Crippen LogP contribution in [0.2, 0.25) is 0 Å². The van der Waals surface area contributed by atoms with Crippen LogP contribution in [0, 0.1) is 23.7 Å². The van der Waals surface area contributed by atoms with Crippen molar-refractivity contribution in [2.45, 2.75) is 90.9 Å². The molecule has 0 amide bonds. The Hall–Kier alpha value is -1.14. The Morgan fingerprint density at radius 1 is 0.550 bits per heavy atom. The number of hydrogen-bond donors (Lipinski definition) is 0. The normalized spacial score (nSPS) is 9.90. The van der Waals surface area contributed by atoms with Crippen molar-refractivity contribution in [2.24, 2.45) is 0 Å². The molecule has 0 aliphatic carbocycles. The smallest absolute Gasteiger partial charge is 0.00922 e. The van der Waals surface area contributed by atoms with Crippen molar-refractivity contribution >= 4 is 0 Å². The van der Waals surface area contributed by atoms with E-state index in [1.807, 2.05) is 12.2 Å². The van der Waals surface area contributed by atoms with Gasteiger partial charge in [-0.2, -0.15) is 0 Å². The Kier molecular flexibility index (Phi) is 16.8. The van der Waals surface area contributed by atoms with E-state index in [1.54, 1.807) is 0 Å². The Morgan fingerprint density at radius 3 is 1.35 bits per heavy atom. The number of allylic oxidation sites excluding steroid dienone is 2. The van der Waals surface area contributed by atoms with Gasteiger partial charge in [-0.25, -0.2) is 0 Å². The second kappa shape index (κ2) is 17.9. The van der Waals surface area contributed by atoms with Crippen molar-refractivity contribution in [3.05, 3.63) is 12.2 Å². The third-order valence-electron chi connectivity index (χ3n) is 3.26. The molecule has 0 fully saturated rings. The van der Waals surface area contributed by atoms with Gasteiger partial charge in [-0.15, -0.1) is 0 Å². The lowest BCUT2D eigenvalue weighted by Crippen LogP contribution is -1.76. The van der Waals surface area contributed by atoms with Gasteiger partial charge in [0.15, 0.2) is 0 Å². The fraction of sp³-hybridized carbons (Fsp3) is 0.700. The fourth-order valence-electron chi connectivity index (χ4n) is 1.98. The first kappa shape index (κ1) is 18.9. The van der Waals surface area contributed by atoms with E-state index in [2.05, 4.69) is 37.5 Å². The molecule has 0 aromatic carbocycles. The Bertz CT molecular complexity index is 293. The van der Waals surface area contributed by atoms with Gasteiger partial charge in [0.2, 0.25) is 0 Å². The summed E-state index contributed by atoms with van der Waals surface area (Å²) >= 11 is 0. The first-order valence-electron chi connectivity index (χ1n) is 8.53. The van der Waals surface area contributed by atoms with E-state index < -0.39 is 0 Å². The van der Waals surface area contributed by atoms with Crippen LogP contribution in [0.5, 0.6) is 0 Å². The Balaban J connectivity index is 3.38. The van der Waals surface area contributed by atoms with E-state index in [4.69, 9.17) is 0 Å². The lowest BCUT2D eigenvalue weighted by Gasteiger charge is -1.94. The van der Waals surface area contributed by atoms with Crippen molar-refractivity contribution in [2.75, 3.05) is 0 Å². The molecule has 0 N–H and O–H groups in total. The molecule has 0 saturated heterocycles. The quantitative estimate of drug-likeness (QED) is 0.325. The van der Waals surface area contributed by atoms with Crippen LogP contribution in [0.15, 0.2) is 12.2 Å². The van der Waals surface area contributed by atoms with Crippen molar-refractivity contribution in [1.29, 1.82) is 0 Å². The van der Waals surface area contributed by atoms with Gasteiger partial charge in [0.1, 0.15) is 0 Å². The van der Waals surface area contributed by atoms with Crippen LogP contribution in [0.25, 0.3) is 0 Å². The molecule has 0 heteroatoms. The summed E-state index contributed by atoms with van der Waals surface area (Å²) in [6.07, 6.45) is 19.0. The molecule has 0 heterocycles. The molecule has 20 heavy (non-hydrogen) atoms. The zero-order chi connectivity index (χ0) is 14.7.